The Bertz CT molecular complexity index is 732. The molecule has 0 unspecified atom stereocenters. The van der Waals surface area contributed by atoms with Crippen molar-refractivity contribution in [3.63, 3.8) is 0 Å². The highest BCUT2D eigenvalue weighted by Gasteiger charge is 2.87. The van der Waals surface area contributed by atoms with E-state index in [0.29, 0.717) is 11.1 Å². The Hall–Kier alpha value is -1.74. The van der Waals surface area contributed by atoms with Crippen molar-refractivity contribution < 1.29 is 14.3 Å². The molecule has 1 saturated carbocycles. The lowest BCUT2D eigenvalue weighted by molar-refractivity contribution is 0.0725. The van der Waals surface area contributed by atoms with E-state index in [1.165, 1.54) is 5.57 Å². The second kappa shape index (κ2) is 2.96. The van der Waals surface area contributed by atoms with Gasteiger partial charge in [0.1, 0.15) is 0 Å². The van der Waals surface area contributed by atoms with E-state index in [2.05, 4.69) is 13.0 Å². The summed E-state index contributed by atoms with van der Waals surface area (Å²) in [6, 6.07) is 7.16. The third kappa shape index (κ3) is 0.837. The van der Waals surface area contributed by atoms with Crippen LogP contribution in [0.3, 0.4) is 0 Å². The maximum Gasteiger partial charge on any atom is 0.199 e. The standard InChI is InChI=1S/C17H14O3/c1-9-8-10-6-7-13(9)17-15(19)12-5-3-2-4-11(12)14(18)16(10,17)20-17/h2-5,8,10,13H,6-7H2,1H3/t10-,13-,16+,17-/m1/s1. The molecule has 1 aromatic rings. The van der Waals surface area contributed by atoms with Gasteiger partial charge in [-0.1, -0.05) is 35.9 Å². The second-order valence-electron chi connectivity index (χ2n) is 6.42. The van der Waals surface area contributed by atoms with Crippen LogP contribution >= 0.6 is 0 Å². The molecule has 6 rings (SSSR count). The molecule has 2 bridgehead atoms. The highest BCUT2D eigenvalue weighted by atomic mass is 16.6. The highest BCUT2D eigenvalue weighted by Crippen LogP contribution is 2.71. The Morgan fingerprint density at radius 1 is 1.05 bits per heavy atom. The molecule has 0 N–H and O–H groups in total. The first-order valence-corrected chi connectivity index (χ1v) is 7.20. The zero-order chi connectivity index (χ0) is 13.7. The second-order valence-corrected chi connectivity index (χ2v) is 6.42. The zero-order valence-electron chi connectivity index (χ0n) is 11.2. The Labute approximate surface area is 116 Å². The number of epoxide rings is 1. The number of ether oxygens (including phenoxy) is 1. The largest absolute Gasteiger partial charge is 0.344 e. The first-order chi connectivity index (χ1) is 9.63. The number of hydrogen-bond acceptors (Lipinski definition) is 3. The Balaban J connectivity index is 1.83. The average molecular weight is 266 g/mol. The van der Waals surface area contributed by atoms with E-state index >= 15 is 0 Å². The van der Waals surface area contributed by atoms with Crippen LogP contribution in [0.15, 0.2) is 35.9 Å². The third-order valence-electron chi connectivity index (χ3n) is 5.72. The van der Waals surface area contributed by atoms with Crippen LogP contribution in [0.4, 0.5) is 0 Å². The van der Waals surface area contributed by atoms with Gasteiger partial charge in [-0.25, -0.2) is 0 Å². The molecule has 1 aromatic carbocycles. The molecular weight excluding hydrogens is 252 g/mol. The number of ketones is 2. The van der Waals surface area contributed by atoms with Gasteiger partial charge in [-0.15, -0.1) is 0 Å². The molecule has 1 heterocycles. The number of fused-ring (bicyclic) bond motifs is 2. The Kier molecular flexibility index (Phi) is 1.63. The van der Waals surface area contributed by atoms with E-state index in [1.54, 1.807) is 12.1 Å². The smallest absolute Gasteiger partial charge is 0.199 e. The summed E-state index contributed by atoms with van der Waals surface area (Å²) in [6.07, 6.45) is 4.07. The van der Waals surface area contributed by atoms with E-state index in [1.807, 2.05) is 12.1 Å². The first kappa shape index (κ1) is 11.0. The van der Waals surface area contributed by atoms with Crippen LogP contribution in [-0.4, -0.2) is 22.8 Å². The minimum atomic E-state index is -0.875. The average Bonchev–Trinajstić information content (AvgIpc) is 3.20. The molecule has 0 aromatic heterocycles. The predicted octanol–water partition coefficient (Wildman–Crippen LogP) is 2.56. The molecule has 3 heteroatoms. The summed E-state index contributed by atoms with van der Waals surface area (Å²) < 4.78 is 6.03. The van der Waals surface area contributed by atoms with Gasteiger partial charge in [0.25, 0.3) is 0 Å². The minimum absolute atomic E-state index is 0.0196. The van der Waals surface area contributed by atoms with Gasteiger partial charge in [-0.3, -0.25) is 9.59 Å². The first-order valence-electron chi connectivity index (χ1n) is 7.20. The number of hydrogen-bond donors (Lipinski definition) is 0. The van der Waals surface area contributed by atoms with E-state index in [4.69, 9.17) is 4.74 Å². The molecule has 100 valence electrons. The van der Waals surface area contributed by atoms with Crippen LogP contribution in [0.5, 0.6) is 0 Å². The summed E-state index contributed by atoms with van der Waals surface area (Å²) in [7, 11) is 0. The van der Waals surface area contributed by atoms with Crippen LogP contribution in [0.1, 0.15) is 40.5 Å². The van der Waals surface area contributed by atoms with Crippen molar-refractivity contribution in [3.8, 4) is 0 Å². The fourth-order valence-electron chi connectivity index (χ4n) is 4.88. The number of rotatable bonds is 0. The highest BCUT2D eigenvalue weighted by molar-refractivity contribution is 6.26. The summed E-state index contributed by atoms with van der Waals surface area (Å²) >= 11 is 0. The summed E-state index contributed by atoms with van der Waals surface area (Å²) in [6.45, 7) is 2.06. The quantitative estimate of drug-likeness (QED) is 0.535. The molecule has 1 aliphatic heterocycles. The van der Waals surface area contributed by atoms with Crippen LogP contribution in [-0.2, 0) is 4.74 Å². The number of benzene rings is 1. The molecule has 1 saturated heterocycles. The van der Waals surface area contributed by atoms with Gasteiger partial charge in [0, 0.05) is 23.0 Å². The minimum Gasteiger partial charge on any atom is -0.344 e. The van der Waals surface area contributed by atoms with Crippen molar-refractivity contribution >= 4 is 11.6 Å². The van der Waals surface area contributed by atoms with Crippen molar-refractivity contribution in [2.75, 3.05) is 0 Å². The van der Waals surface area contributed by atoms with E-state index < -0.39 is 11.2 Å². The van der Waals surface area contributed by atoms with Crippen LogP contribution in [0, 0.1) is 11.8 Å². The molecular formula is C17H14O3. The fourth-order valence-corrected chi connectivity index (χ4v) is 4.88. The molecule has 3 nitrogen and oxygen atoms in total. The Morgan fingerprint density at radius 3 is 2.35 bits per heavy atom. The molecule has 2 fully saturated rings. The summed E-state index contributed by atoms with van der Waals surface area (Å²) in [4.78, 5) is 25.9. The monoisotopic (exact) mass is 266 g/mol. The molecule has 4 aliphatic carbocycles. The third-order valence-corrected chi connectivity index (χ3v) is 5.72. The van der Waals surface area contributed by atoms with Gasteiger partial charge in [-0.05, 0) is 19.8 Å². The number of Topliss-reactive ketones (excluding diaryl/α,β-unsaturated/α-hetero) is 2. The van der Waals surface area contributed by atoms with E-state index in [-0.39, 0.29) is 23.4 Å². The molecule has 0 spiro atoms. The molecule has 4 atom stereocenters. The topological polar surface area (TPSA) is 46.7 Å². The van der Waals surface area contributed by atoms with Crippen molar-refractivity contribution in [1.29, 1.82) is 0 Å². The van der Waals surface area contributed by atoms with Gasteiger partial charge in [0.15, 0.2) is 22.8 Å². The van der Waals surface area contributed by atoms with Crippen LogP contribution in [0.2, 0.25) is 0 Å². The van der Waals surface area contributed by atoms with Gasteiger partial charge >= 0.3 is 0 Å². The van der Waals surface area contributed by atoms with E-state index in [0.717, 1.165) is 12.8 Å². The van der Waals surface area contributed by atoms with Crippen molar-refractivity contribution in [3.05, 3.63) is 47.0 Å². The molecule has 0 radical (unpaired) electrons. The lowest BCUT2D eigenvalue weighted by Crippen LogP contribution is -2.57. The lowest BCUT2D eigenvalue weighted by Gasteiger charge is -2.42. The van der Waals surface area contributed by atoms with E-state index in [9.17, 15) is 9.59 Å². The normalized spacial score (nSPS) is 43.5. The fraction of sp³-hybridized carbons (Fsp3) is 0.412. The maximum atomic E-state index is 13.0. The van der Waals surface area contributed by atoms with Gasteiger partial charge in [0.05, 0.1) is 0 Å². The van der Waals surface area contributed by atoms with Crippen LogP contribution in [0.25, 0.3) is 0 Å². The maximum absolute atomic E-state index is 13.0. The van der Waals surface area contributed by atoms with Crippen LogP contribution < -0.4 is 0 Å². The van der Waals surface area contributed by atoms with Crippen molar-refractivity contribution in [2.45, 2.75) is 31.0 Å². The predicted molar refractivity (Wildman–Crippen MR) is 71.6 cm³/mol. The van der Waals surface area contributed by atoms with Crippen molar-refractivity contribution in [1.82, 2.24) is 0 Å². The number of carbonyl (C=O) groups is 2. The van der Waals surface area contributed by atoms with Crippen molar-refractivity contribution in [2.24, 2.45) is 11.8 Å². The Morgan fingerprint density at radius 2 is 1.70 bits per heavy atom. The summed E-state index contributed by atoms with van der Waals surface area (Å²) in [5.74, 6) is 0.190. The van der Waals surface area contributed by atoms with Gasteiger partial charge < -0.3 is 4.74 Å². The summed E-state index contributed by atoms with van der Waals surface area (Å²) in [5, 5.41) is 0. The lowest BCUT2D eigenvalue weighted by atomic mass is 9.54. The number of carbonyl (C=O) groups excluding carboxylic acids is 2. The zero-order valence-corrected chi connectivity index (χ0v) is 11.2. The van der Waals surface area contributed by atoms with Gasteiger partial charge in [-0.2, -0.15) is 0 Å². The molecule has 5 aliphatic rings. The summed E-state index contributed by atoms with van der Waals surface area (Å²) in [5.41, 5.74) is 0.561. The van der Waals surface area contributed by atoms with Gasteiger partial charge in [0.2, 0.25) is 0 Å². The SMILES string of the molecule is CC1=C[C@H]2CC[C@H]1[C@]13O[C@]21C(=O)c1ccccc1C3=O. The molecule has 0 amide bonds. The molecule has 20 heavy (non-hydrogen) atoms.